The predicted octanol–water partition coefficient (Wildman–Crippen LogP) is 1.90. The first-order valence-corrected chi connectivity index (χ1v) is 8.36. The number of carbonyl (C=O) groups excluding carboxylic acids is 3. The van der Waals surface area contributed by atoms with Gasteiger partial charge >= 0.3 is 0 Å². The van der Waals surface area contributed by atoms with E-state index in [0.29, 0.717) is 36.1 Å². The van der Waals surface area contributed by atoms with Crippen LogP contribution in [0.4, 0.5) is 5.00 Å². The van der Waals surface area contributed by atoms with Gasteiger partial charge in [0.15, 0.2) is 5.76 Å². The minimum absolute atomic E-state index is 0.0288. The first kappa shape index (κ1) is 16.3. The van der Waals surface area contributed by atoms with Crippen molar-refractivity contribution < 1.29 is 18.8 Å². The van der Waals surface area contributed by atoms with Gasteiger partial charge in [-0.2, -0.15) is 0 Å². The number of amides is 3. The third-order valence-corrected chi connectivity index (χ3v) is 4.80. The fourth-order valence-corrected chi connectivity index (χ4v) is 3.35. The standard InChI is InChI=1S/C16H17N3O4S/c1-11(20)18-6-8-19(9-7-18)16(22)13-4-5-14(24-13)17-15(21)12-3-2-10-23-12/h2-5,10H,6-9H2,1H3,(H,17,21). The van der Waals surface area contributed by atoms with Crippen LogP contribution in [0.5, 0.6) is 0 Å². The molecule has 0 atom stereocenters. The lowest BCUT2D eigenvalue weighted by Gasteiger charge is -2.33. The minimum atomic E-state index is -0.351. The van der Waals surface area contributed by atoms with Crippen molar-refractivity contribution >= 4 is 34.1 Å². The fourth-order valence-electron chi connectivity index (χ4n) is 2.48. The summed E-state index contributed by atoms with van der Waals surface area (Å²) >= 11 is 1.22. The lowest BCUT2D eigenvalue weighted by molar-refractivity contribution is -0.130. The summed E-state index contributed by atoms with van der Waals surface area (Å²) in [5.74, 6) is -0.185. The lowest BCUT2D eigenvalue weighted by Crippen LogP contribution is -2.49. The quantitative estimate of drug-likeness (QED) is 0.919. The summed E-state index contributed by atoms with van der Waals surface area (Å²) in [7, 11) is 0. The molecule has 0 spiro atoms. The summed E-state index contributed by atoms with van der Waals surface area (Å²) in [6, 6.07) is 6.61. The number of furan rings is 1. The van der Waals surface area contributed by atoms with Gasteiger partial charge in [0.25, 0.3) is 11.8 Å². The second-order valence-electron chi connectivity index (χ2n) is 5.39. The number of piperazine rings is 1. The van der Waals surface area contributed by atoms with Crippen LogP contribution in [0.25, 0.3) is 0 Å². The van der Waals surface area contributed by atoms with Crippen molar-refractivity contribution in [1.29, 1.82) is 0 Å². The van der Waals surface area contributed by atoms with E-state index in [2.05, 4.69) is 5.32 Å². The molecule has 3 heterocycles. The molecule has 0 aliphatic carbocycles. The molecule has 2 aromatic heterocycles. The lowest BCUT2D eigenvalue weighted by atomic mass is 10.3. The molecule has 126 valence electrons. The van der Waals surface area contributed by atoms with Gasteiger partial charge in [0.05, 0.1) is 16.1 Å². The molecule has 0 bridgehead atoms. The number of anilines is 1. The van der Waals surface area contributed by atoms with Gasteiger partial charge in [0, 0.05) is 33.1 Å². The highest BCUT2D eigenvalue weighted by Gasteiger charge is 2.24. The highest BCUT2D eigenvalue weighted by molar-refractivity contribution is 7.18. The van der Waals surface area contributed by atoms with E-state index in [1.54, 1.807) is 34.1 Å². The van der Waals surface area contributed by atoms with E-state index < -0.39 is 0 Å². The molecule has 1 N–H and O–H groups in total. The van der Waals surface area contributed by atoms with E-state index in [4.69, 9.17) is 4.42 Å². The Morgan fingerprint density at radius 3 is 2.42 bits per heavy atom. The van der Waals surface area contributed by atoms with Crippen molar-refractivity contribution in [2.24, 2.45) is 0 Å². The number of thiophene rings is 1. The molecule has 8 heteroatoms. The molecule has 24 heavy (non-hydrogen) atoms. The molecule has 1 fully saturated rings. The maximum Gasteiger partial charge on any atom is 0.291 e. The van der Waals surface area contributed by atoms with E-state index in [0.717, 1.165) is 0 Å². The zero-order valence-electron chi connectivity index (χ0n) is 13.2. The Morgan fingerprint density at radius 2 is 1.79 bits per heavy atom. The van der Waals surface area contributed by atoms with Gasteiger partial charge < -0.3 is 19.5 Å². The molecule has 3 amide bonds. The maximum atomic E-state index is 12.5. The van der Waals surface area contributed by atoms with E-state index in [-0.39, 0.29) is 23.5 Å². The van der Waals surface area contributed by atoms with Crippen LogP contribution in [0.1, 0.15) is 27.2 Å². The molecular weight excluding hydrogens is 330 g/mol. The third-order valence-electron chi connectivity index (χ3n) is 3.81. The molecule has 1 aliphatic heterocycles. The van der Waals surface area contributed by atoms with Crippen molar-refractivity contribution in [2.75, 3.05) is 31.5 Å². The average molecular weight is 347 g/mol. The number of hydrogen-bond acceptors (Lipinski definition) is 5. The van der Waals surface area contributed by atoms with E-state index in [1.165, 1.54) is 24.5 Å². The molecule has 3 rings (SSSR count). The Kier molecular flexibility index (Phi) is 4.66. The monoisotopic (exact) mass is 347 g/mol. The summed E-state index contributed by atoms with van der Waals surface area (Å²) < 4.78 is 5.03. The Labute approximate surface area is 142 Å². The summed E-state index contributed by atoms with van der Waals surface area (Å²) in [6.07, 6.45) is 1.43. The number of carbonyl (C=O) groups is 3. The topological polar surface area (TPSA) is 82.9 Å². The summed E-state index contributed by atoms with van der Waals surface area (Å²) in [5.41, 5.74) is 0. The van der Waals surface area contributed by atoms with Crippen molar-refractivity contribution in [1.82, 2.24) is 9.80 Å². The van der Waals surface area contributed by atoms with Gasteiger partial charge in [-0.1, -0.05) is 0 Å². The van der Waals surface area contributed by atoms with E-state index >= 15 is 0 Å². The van der Waals surface area contributed by atoms with E-state index in [1.807, 2.05) is 0 Å². The first-order valence-electron chi connectivity index (χ1n) is 7.54. The predicted molar refractivity (Wildman–Crippen MR) is 89.1 cm³/mol. The zero-order chi connectivity index (χ0) is 17.1. The second-order valence-corrected chi connectivity index (χ2v) is 6.48. The highest BCUT2D eigenvalue weighted by Crippen LogP contribution is 2.24. The number of nitrogens with zero attached hydrogens (tertiary/aromatic N) is 2. The van der Waals surface area contributed by atoms with Crippen molar-refractivity contribution in [3.8, 4) is 0 Å². The summed E-state index contributed by atoms with van der Waals surface area (Å²) in [6.45, 7) is 3.67. The Morgan fingerprint density at radius 1 is 1.08 bits per heavy atom. The Bertz CT molecular complexity index is 745. The molecular formula is C16H17N3O4S. The molecule has 7 nitrogen and oxygen atoms in total. The molecule has 1 saturated heterocycles. The van der Waals surface area contributed by atoms with Crippen molar-refractivity contribution in [3.05, 3.63) is 41.2 Å². The number of hydrogen-bond donors (Lipinski definition) is 1. The molecule has 1 aliphatic rings. The largest absolute Gasteiger partial charge is 0.459 e. The smallest absolute Gasteiger partial charge is 0.291 e. The van der Waals surface area contributed by atoms with Gasteiger partial charge in [-0.3, -0.25) is 14.4 Å². The molecule has 0 radical (unpaired) electrons. The molecule has 0 unspecified atom stereocenters. The van der Waals surface area contributed by atoms with Crippen LogP contribution in [-0.4, -0.2) is 53.7 Å². The summed E-state index contributed by atoms with van der Waals surface area (Å²) in [4.78, 5) is 39.8. The molecule has 0 saturated carbocycles. The van der Waals surface area contributed by atoms with Crippen LogP contribution in [0, 0.1) is 0 Å². The Balaban J connectivity index is 1.60. The highest BCUT2D eigenvalue weighted by atomic mass is 32.1. The average Bonchev–Trinajstić information content (AvgIpc) is 3.26. The number of nitrogens with one attached hydrogen (secondary N) is 1. The Hall–Kier alpha value is -2.61. The van der Waals surface area contributed by atoms with Crippen LogP contribution in [-0.2, 0) is 4.79 Å². The second kappa shape index (κ2) is 6.88. The third kappa shape index (κ3) is 3.48. The van der Waals surface area contributed by atoms with Crippen LogP contribution in [0.2, 0.25) is 0 Å². The minimum Gasteiger partial charge on any atom is -0.459 e. The van der Waals surface area contributed by atoms with Gasteiger partial charge in [-0.05, 0) is 24.3 Å². The van der Waals surface area contributed by atoms with Gasteiger partial charge in [0.2, 0.25) is 5.91 Å². The van der Waals surface area contributed by atoms with E-state index in [9.17, 15) is 14.4 Å². The number of rotatable bonds is 3. The van der Waals surface area contributed by atoms with Crippen molar-refractivity contribution in [3.63, 3.8) is 0 Å². The first-order chi connectivity index (χ1) is 11.5. The SMILES string of the molecule is CC(=O)N1CCN(C(=O)c2ccc(NC(=O)c3ccco3)s2)CC1. The van der Waals surface area contributed by atoms with Crippen molar-refractivity contribution in [2.45, 2.75) is 6.92 Å². The molecule has 2 aromatic rings. The fraction of sp³-hybridized carbons (Fsp3) is 0.312. The van der Waals surface area contributed by atoms with Crippen LogP contribution >= 0.6 is 11.3 Å². The van der Waals surface area contributed by atoms with Gasteiger partial charge in [0.1, 0.15) is 0 Å². The maximum absolute atomic E-state index is 12.5. The van der Waals surface area contributed by atoms with Crippen LogP contribution in [0.3, 0.4) is 0 Å². The normalized spacial score (nSPS) is 14.5. The molecule has 0 aromatic carbocycles. The summed E-state index contributed by atoms with van der Waals surface area (Å²) in [5, 5.41) is 3.29. The van der Waals surface area contributed by atoms with Gasteiger partial charge in [-0.15, -0.1) is 11.3 Å². The van der Waals surface area contributed by atoms with Crippen LogP contribution in [0.15, 0.2) is 34.9 Å². The van der Waals surface area contributed by atoms with Gasteiger partial charge in [-0.25, -0.2) is 0 Å². The van der Waals surface area contributed by atoms with Crippen LogP contribution < -0.4 is 5.32 Å². The zero-order valence-corrected chi connectivity index (χ0v) is 14.0.